The average Bonchev–Trinajstić information content (AvgIpc) is 3.09. The van der Waals surface area contributed by atoms with Crippen LogP contribution in [0.2, 0.25) is 0 Å². The Bertz CT molecular complexity index is 1250. The van der Waals surface area contributed by atoms with E-state index < -0.39 is 14.9 Å². The summed E-state index contributed by atoms with van der Waals surface area (Å²) in [5, 5.41) is 14.8. The number of hydrogen-bond acceptors (Lipinski definition) is 6. The van der Waals surface area contributed by atoms with Crippen LogP contribution in [0, 0.1) is 23.0 Å². The van der Waals surface area contributed by atoms with Crippen LogP contribution in [0.25, 0.3) is 11.0 Å². The van der Waals surface area contributed by atoms with Crippen LogP contribution in [-0.4, -0.2) is 46.8 Å². The maximum Gasteiger partial charge on any atom is 0.293 e. The molecule has 0 spiro atoms. The van der Waals surface area contributed by atoms with Crippen LogP contribution in [0.15, 0.2) is 47.4 Å². The van der Waals surface area contributed by atoms with Crippen molar-refractivity contribution in [2.75, 3.05) is 25.0 Å². The number of hydrogen-bond donors (Lipinski definition) is 1. The van der Waals surface area contributed by atoms with Gasteiger partial charge >= 0.3 is 0 Å². The second-order valence-electron chi connectivity index (χ2n) is 8.27. The van der Waals surface area contributed by atoms with Gasteiger partial charge in [0.15, 0.2) is 0 Å². The van der Waals surface area contributed by atoms with E-state index in [4.69, 9.17) is 0 Å². The molecule has 1 aromatic heterocycles. The lowest BCUT2D eigenvalue weighted by atomic mass is 10.0. The molecule has 0 unspecified atom stereocenters. The normalized spacial score (nSPS) is 17.5. The number of aryl methyl sites for hydroxylation is 1. The van der Waals surface area contributed by atoms with E-state index in [1.807, 2.05) is 42.7 Å². The molecule has 2 heterocycles. The summed E-state index contributed by atoms with van der Waals surface area (Å²) in [5.41, 5.74) is 1.95. The van der Waals surface area contributed by atoms with Gasteiger partial charge in [-0.1, -0.05) is 19.1 Å². The smallest absolute Gasteiger partial charge is 0.293 e. The van der Waals surface area contributed by atoms with Gasteiger partial charge in [0.05, 0.1) is 20.9 Å². The minimum absolute atomic E-state index is 0.0414. The summed E-state index contributed by atoms with van der Waals surface area (Å²) >= 11 is 0. The summed E-state index contributed by atoms with van der Waals surface area (Å²) in [4.78, 5) is 15.6. The SMILES string of the molecule is Cc1nc2ccccc2n1CCNc1ccc(S(=O)(=O)N2CCC[C@H](C)C2)cc1[N+](=O)[O-]. The monoisotopic (exact) mass is 457 g/mol. The van der Waals surface area contributed by atoms with E-state index in [0.29, 0.717) is 31.9 Å². The number of sulfonamides is 1. The van der Waals surface area contributed by atoms with Gasteiger partial charge in [-0.05, 0) is 49.9 Å². The fourth-order valence-corrected chi connectivity index (χ4v) is 5.89. The van der Waals surface area contributed by atoms with E-state index in [9.17, 15) is 18.5 Å². The molecule has 1 saturated heterocycles. The number of para-hydroxylation sites is 2. The molecule has 1 atom stereocenters. The molecule has 1 fully saturated rings. The molecule has 0 radical (unpaired) electrons. The highest BCUT2D eigenvalue weighted by molar-refractivity contribution is 7.89. The number of anilines is 1. The predicted octanol–water partition coefficient (Wildman–Crippen LogP) is 3.79. The predicted molar refractivity (Wildman–Crippen MR) is 123 cm³/mol. The van der Waals surface area contributed by atoms with Crippen molar-refractivity contribution in [2.24, 2.45) is 5.92 Å². The lowest BCUT2D eigenvalue weighted by molar-refractivity contribution is -0.384. The van der Waals surface area contributed by atoms with Gasteiger partial charge in [-0.25, -0.2) is 13.4 Å². The summed E-state index contributed by atoms with van der Waals surface area (Å²) in [6.07, 6.45) is 1.78. The highest BCUT2D eigenvalue weighted by Crippen LogP contribution is 2.30. The van der Waals surface area contributed by atoms with Gasteiger partial charge in [-0.2, -0.15) is 4.31 Å². The zero-order valence-electron chi connectivity index (χ0n) is 18.2. The molecule has 0 amide bonds. The van der Waals surface area contributed by atoms with E-state index in [-0.39, 0.29) is 16.5 Å². The third kappa shape index (κ3) is 4.33. The van der Waals surface area contributed by atoms with Gasteiger partial charge in [0.2, 0.25) is 10.0 Å². The van der Waals surface area contributed by atoms with Gasteiger partial charge in [0.25, 0.3) is 5.69 Å². The Morgan fingerprint density at radius 1 is 1.25 bits per heavy atom. The highest BCUT2D eigenvalue weighted by atomic mass is 32.2. The molecule has 1 aliphatic rings. The van der Waals surface area contributed by atoms with Crippen molar-refractivity contribution in [3.05, 3.63) is 58.4 Å². The molecule has 3 aromatic rings. The van der Waals surface area contributed by atoms with Crippen LogP contribution in [0.5, 0.6) is 0 Å². The third-order valence-corrected chi connectivity index (χ3v) is 7.78. The summed E-state index contributed by atoms with van der Waals surface area (Å²) in [6, 6.07) is 11.9. The van der Waals surface area contributed by atoms with Crippen LogP contribution >= 0.6 is 0 Å². The Labute approximate surface area is 187 Å². The largest absolute Gasteiger partial charge is 0.378 e. The zero-order chi connectivity index (χ0) is 22.9. The minimum Gasteiger partial charge on any atom is -0.378 e. The summed E-state index contributed by atoms with van der Waals surface area (Å²) in [7, 11) is -3.76. The first-order chi connectivity index (χ1) is 15.3. The second kappa shape index (κ2) is 8.87. The number of nitro groups is 1. The maximum absolute atomic E-state index is 13.0. The topological polar surface area (TPSA) is 110 Å². The quantitative estimate of drug-likeness (QED) is 0.427. The highest BCUT2D eigenvalue weighted by Gasteiger charge is 2.30. The molecular formula is C22H27N5O4S. The van der Waals surface area contributed by atoms with E-state index in [1.54, 1.807) is 0 Å². The number of nitrogens with zero attached hydrogens (tertiary/aromatic N) is 4. The van der Waals surface area contributed by atoms with Crippen molar-refractivity contribution >= 4 is 32.4 Å². The number of rotatable bonds is 7. The molecule has 1 N–H and O–H groups in total. The number of nitrogens with one attached hydrogen (secondary N) is 1. The van der Waals surface area contributed by atoms with Crippen molar-refractivity contribution in [3.8, 4) is 0 Å². The molecule has 2 aromatic carbocycles. The first kappa shape index (κ1) is 22.2. The van der Waals surface area contributed by atoms with Crippen molar-refractivity contribution in [2.45, 2.75) is 38.1 Å². The van der Waals surface area contributed by atoms with Crippen molar-refractivity contribution in [3.63, 3.8) is 0 Å². The van der Waals surface area contributed by atoms with Crippen LogP contribution < -0.4 is 5.32 Å². The summed E-state index contributed by atoms with van der Waals surface area (Å²) < 4.78 is 29.5. The van der Waals surface area contributed by atoms with Crippen LogP contribution in [-0.2, 0) is 16.6 Å². The lowest BCUT2D eigenvalue weighted by Crippen LogP contribution is -2.39. The Hall–Kier alpha value is -2.98. The fourth-order valence-electron chi connectivity index (χ4n) is 4.27. The number of benzene rings is 2. The molecule has 32 heavy (non-hydrogen) atoms. The third-order valence-electron chi connectivity index (χ3n) is 5.92. The number of nitro benzene ring substituents is 1. The number of fused-ring (bicyclic) bond motifs is 1. The van der Waals surface area contributed by atoms with Crippen molar-refractivity contribution < 1.29 is 13.3 Å². The Morgan fingerprint density at radius 2 is 2.03 bits per heavy atom. The fraction of sp³-hybridized carbons (Fsp3) is 0.409. The van der Waals surface area contributed by atoms with Crippen LogP contribution in [0.4, 0.5) is 11.4 Å². The summed E-state index contributed by atoms with van der Waals surface area (Å²) in [6.45, 7) is 5.81. The van der Waals surface area contributed by atoms with E-state index in [0.717, 1.165) is 35.8 Å². The van der Waals surface area contributed by atoms with Gasteiger partial charge in [-0.3, -0.25) is 10.1 Å². The molecule has 1 aliphatic heterocycles. The average molecular weight is 458 g/mol. The molecule has 10 heteroatoms. The number of imidazole rings is 1. The van der Waals surface area contributed by atoms with Gasteiger partial charge in [-0.15, -0.1) is 0 Å². The zero-order valence-corrected chi connectivity index (χ0v) is 19.0. The van der Waals surface area contributed by atoms with Gasteiger partial charge in [0, 0.05) is 32.2 Å². The summed E-state index contributed by atoms with van der Waals surface area (Å²) in [5.74, 6) is 1.14. The van der Waals surface area contributed by atoms with Crippen LogP contribution in [0.3, 0.4) is 0 Å². The minimum atomic E-state index is -3.76. The maximum atomic E-state index is 13.0. The van der Waals surface area contributed by atoms with Crippen molar-refractivity contribution in [1.82, 2.24) is 13.9 Å². The standard InChI is InChI=1S/C22H27N5O4S/c1-16-6-5-12-25(15-16)32(30,31)18-9-10-19(22(14-18)27(28)29)23-11-13-26-17(2)24-20-7-3-4-8-21(20)26/h3-4,7-10,14,16,23H,5-6,11-13,15H2,1-2H3/t16-/m0/s1. The molecule has 9 nitrogen and oxygen atoms in total. The number of aromatic nitrogens is 2. The van der Waals surface area contributed by atoms with Crippen LogP contribution in [0.1, 0.15) is 25.6 Å². The Morgan fingerprint density at radius 3 is 2.78 bits per heavy atom. The molecular weight excluding hydrogens is 430 g/mol. The molecule has 170 valence electrons. The molecule has 0 bridgehead atoms. The Balaban J connectivity index is 1.53. The van der Waals surface area contributed by atoms with Crippen molar-refractivity contribution in [1.29, 1.82) is 0 Å². The molecule has 0 saturated carbocycles. The van der Waals surface area contributed by atoms with E-state index in [2.05, 4.69) is 10.3 Å². The van der Waals surface area contributed by atoms with E-state index >= 15 is 0 Å². The Kier molecular flexibility index (Phi) is 6.16. The second-order valence-corrected chi connectivity index (χ2v) is 10.2. The molecule has 4 rings (SSSR count). The molecule has 0 aliphatic carbocycles. The number of piperidine rings is 1. The van der Waals surface area contributed by atoms with Gasteiger partial charge < -0.3 is 9.88 Å². The van der Waals surface area contributed by atoms with E-state index in [1.165, 1.54) is 16.4 Å². The lowest BCUT2D eigenvalue weighted by Gasteiger charge is -2.30. The first-order valence-electron chi connectivity index (χ1n) is 10.7. The van der Waals surface area contributed by atoms with Gasteiger partial charge in [0.1, 0.15) is 11.5 Å². The first-order valence-corrected chi connectivity index (χ1v) is 12.2.